The SMILES string of the molecule is Cc1ccc(NS(=O)(=O)c2ccc(C)c(N)c2)cc1. The predicted octanol–water partition coefficient (Wildman–Crippen LogP) is 2.69. The molecule has 0 unspecified atom stereocenters. The second-order valence-electron chi connectivity index (χ2n) is 4.49. The van der Waals surface area contributed by atoms with Crippen LogP contribution in [0.15, 0.2) is 47.4 Å². The Labute approximate surface area is 113 Å². The van der Waals surface area contributed by atoms with E-state index in [1.807, 2.05) is 26.0 Å². The Morgan fingerprint density at radius 1 is 1.00 bits per heavy atom. The molecule has 0 amide bonds. The molecule has 0 aliphatic carbocycles. The van der Waals surface area contributed by atoms with Crippen LogP contribution in [0.2, 0.25) is 0 Å². The molecule has 100 valence electrons. The number of benzene rings is 2. The lowest BCUT2D eigenvalue weighted by Gasteiger charge is -2.09. The summed E-state index contributed by atoms with van der Waals surface area (Å²) in [5.41, 5.74) is 8.66. The number of hydrogen-bond acceptors (Lipinski definition) is 3. The first-order valence-corrected chi connectivity index (χ1v) is 7.32. The van der Waals surface area contributed by atoms with Crippen LogP contribution in [0.3, 0.4) is 0 Å². The summed E-state index contributed by atoms with van der Waals surface area (Å²) >= 11 is 0. The number of nitrogens with two attached hydrogens (primary N) is 1. The molecule has 0 saturated carbocycles. The third-order valence-electron chi connectivity index (χ3n) is 2.86. The minimum absolute atomic E-state index is 0.163. The molecule has 0 aliphatic heterocycles. The fourth-order valence-electron chi connectivity index (χ4n) is 1.62. The Morgan fingerprint density at radius 2 is 1.63 bits per heavy atom. The van der Waals surface area contributed by atoms with Gasteiger partial charge in [0.15, 0.2) is 0 Å². The normalized spacial score (nSPS) is 11.3. The summed E-state index contributed by atoms with van der Waals surface area (Å²) in [6.07, 6.45) is 0. The van der Waals surface area contributed by atoms with E-state index in [4.69, 9.17) is 5.73 Å². The van der Waals surface area contributed by atoms with Crippen LogP contribution in [-0.4, -0.2) is 8.42 Å². The zero-order valence-corrected chi connectivity index (χ0v) is 11.7. The Hall–Kier alpha value is -2.01. The number of anilines is 2. The zero-order valence-electron chi connectivity index (χ0n) is 10.8. The number of nitrogens with one attached hydrogen (secondary N) is 1. The van der Waals surface area contributed by atoms with Crippen LogP contribution >= 0.6 is 0 Å². The maximum atomic E-state index is 12.2. The molecule has 3 N–H and O–H groups in total. The van der Waals surface area contributed by atoms with Crippen molar-refractivity contribution in [3.05, 3.63) is 53.6 Å². The monoisotopic (exact) mass is 276 g/mol. The number of rotatable bonds is 3. The maximum absolute atomic E-state index is 12.2. The van der Waals surface area contributed by atoms with Gasteiger partial charge in [-0.25, -0.2) is 8.42 Å². The summed E-state index contributed by atoms with van der Waals surface area (Å²) in [4.78, 5) is 0.163. The van der Waals surface area contributed by atoms with Crippen LogP contribution in [0.1, 0.15) is 11.1 Å². The van der Waals surface area contributed by atoms with Crippen LogP contribution < -0.4 is 10.5 Å². The van der Waals surface area contributed by atoms with Gasteiger partial charge in [-0.05, 0) is 43.7 Å². The molecule has 0 heterocycles. The molecule has 0 spiro atoms. The largest absolute Gasteiger partial charge is 0.398 e. The molecule has 19 heavy (non-hydrogen) atoms. The molecule has 0 bridgehead atoms. The van der Waals surface area contributed by atoms with Crippen LogP contribution in [0.5, 0.6) is 0 Å². The summed E-state index contributed by atoms with van der Waals surface area (Å²) in [7, 11) is -3.60. The van der Waals surface area contributed by atoms with E-state index < -0.39 is 10.0 Å². The average Bonchev–Trinajstić information content (AvgIpc) is 2.35. The summed E-state index contributed by atoms with van der Waals surface area (Å²) < 4.78 is 26.9. The predicted molar refractivity (Wildman–Crippen MR) is 77.6 cm³/mol. The number of aryl methyl sites for hydroxylation is 2. The highest BCUT2D eigenvalue weighted by Crippen LogP contribution is 2.20. The second-order valence-corrected chi connectivity index (χ2v) is 6.17. The molecular formula is C14H16N2O2S. The number of nitrogen functional groups attached to an aromatic ring is 1. The van der Waals surface area contributed by atoms with E-state index in [1.54, 1.807) is 24.3 Å². The van der Waals surface area contributed by atoms with Crippen molar-refractivity contribution in [1.29, 1.82) is 0 Å². The van der Waals surface area contributed by atoms with E-state index in [0.717, 1.165) is 11.1 Å². The van der Waals surface area contributed by atoms with Crippen LogP contribution in [0.25, 0.3) is 0 Å². The lowest BCUT2D eigenvalue weighted by molar-refractivity contribution is 0.601. The Balaban J connectivity index is 2.32. The minimum atomic E-state index is -3.60. The number of hydrogen-bond donors (Lipinski definition) is 2. The van der Waals surface area contributed by atoms with Crippen molar-refractivity contribution >= 4 is 21.4 Å². The average molecular weight is 276 g/mol. The quantitative estimate of drug-likeness (QED) is 0.847. The van der Waals surface area contributed by atoms with E-state index in [-0.39, 0.29) is 4.90 Å². The van der Waals surface area contributed by atoms with Crippen molar-refractivity contribution in [1.82, 2.24) is 0 Å². The molecule has 0 aliphatic rings. The van der Waals surface area contributed by atoms with Gasteiger partial charge in [0.1, 0.15) is 0 Å². The van der Waals surface area contributed by atoms with Crippen LogP contribution in [0.4, 0.5) is 11.4 Å². The molecule has 4 nitrogen and oxygen atoms in total. The first-order chi connectivity index (χ1) is 8.88. The van der Waals surface area contributed by atoms with Gasteiger partial charge in [0, 0.05) is 11.4 Å². The Bertz CT molecular complexity index is 692. The summed E-state index contributed by atoms with van der Waals surface area (Å²) in [6.45, 7) is 3.78. The van der Waals surface area contributed by atoms with Gasteiger partial charge in [0.05, 0.1) is 4.90 Å². The third-order valence-corrected chi connectivity index (χ3v) is 4.24. The molecule has 0 radical (unpaired) electrons. The molecule has 2 aromatic carbocycles. The summed E-state index contributed by atoms with van der Waals surface area (Å²) in [6, 6.07) is 11.9. The van der Waals surface area contributed by atoms with Gasteiger partial charge in [-0.3, -0.25) is 4.72 Å². The van der Waals surface area contributed by atoms with Crippen molar-refractivity contribution < 1.29 is 8.42 Å². The molecule has 0 saturated heterocycles. The molecule has 5 heteroatoms. The third kappa shape index (κ3) is 3.06. The van der Waals surface area contributed by atoms with E-state index in [9.17, 15) is 8.42 Å². The highest BCUT2D eigenvalue weighted by molar-refractivity contribution is 7.92. The fraction of sp³-hybridized carbons (Fsp3) is 0.143. The smallest absolute Gasteiger partial charge is 0.261 e. The first kappa shape index (κ1) is 13.4. The fourth-order valence-corrected chi connectivity index (χ4v) is 2.71. The van der Waals surface area contributed by atoms with E-state index in [0.29, 0.717) is 11.4 Å². The van der Waals surface area contributed by atoms with Crippen LogP contribution in [0, 0.1) is 13.8 Å². The van der Waals surface area contributed by atoms with E-state index in [2.05, 4.69) is 4.72 Å². The number of sulfonamides is 1. The van der Waals surface area contributed by atoms with Gasteiger partial charge in [-0.1, -0.05) is 23.8 Å². The van der Waals surface area contributed by atoms with Crippen molar-refractivity contribution in [3.63, 3.8) is 0 Å². The molecular weight excluding hydrogens is 260 g/mol. The Kier molecular flexibility index (Phi) is 3.48. The molecule has 0 aromatic heterocycles. The van der Waals surface area contributed by atoms with Gasteiger partial charge in [-0.2, -0.15) is 0 Å². The van der Waals surface area contributed by atoms with Crippen molar-refractivity contribution in [2.75, 3.05) is 10.5 Å². The van der Waals surface area contributed by atoms with E-state index >= 15 is 0 Å². The Morgan fingerprint density at radius 3 is 2.21 bits per heavy atom. The maximum Gasteiger partial charge on any atom is 0.261 e. The highest BCUT2D eigenvalue weighted by Gasteiger charge is 2.14. The standard InChI is InChI=1S/C14H16N2O2S/c1-10-3-6-12(7-4-10)16-19(17,18)13-8-5-11(2)14(15)9-13/h3-9,16H,15H2,1-2H3. The summed E-state index contributed by atoms with van der Waals surface area (Å²) in [5.74, 6) is 0. The molecule has 0 atom stereocenters. The summed E-state index contributed by atoms with van der Waals surface area (Å²) in [5, 5.41) is 0. The zero-order chi connectivity index (χ0) is 14.0. The van der Waals surface area contributed by atoms with Gasteiger partial charge in [0.25, 0.3) is 10.0 Å². The van der Waals surface area contributed by atoms with Gasteiger partial charge < -0.3 is 5.73 Å². The van der Waals surface area contributed by atoms with Gasteiger partial charge in [0.2, 0.25) is 0 Å². The van der Waals surface area contributed by atoms with Gasteiger partial charge >= 0.3 is 0 Å². The lowest BCUT2D eigenvalue weighted by atomic mass is 10.2. The molecule has 0 fully saturated rings. The van der Waals surface area contributed by atoms with Gasteiger partial charge in [-0.15, -0.1) is 0 Å². The highest BCUT2D eigenvalue weighted by atomic mass is 32.2. The van der Waals surface area contributed by atoms with Crippen molar-refractivity contribution in [2.24, 2.45) is 0 Å². The topological polar surface area (TPSA) is 72.2 Å². The second kappa shape index (κ2) is 4.93. The first-order valence-electron chi connectivity index (χ1n) is 5.84. The van der Waals surface area contributed by atoms with Crippen molar-refractivity contribution in [2.45, 2.75) is 18.7 Å². The van der Waals surface area contributed by atoms with Crippen LogP contribution in [-0.2, 0) is 10.0 Å². The van der Waals surface area contributed by atoms with E-state index in [1.165, 1.54) is 6.07 Å². The molecule has 2 aromatic rings. The minimum Gasteiger partial charge on any atom is -0.398 e. The lowest BCUT2D eigenvalue weighted by Crippen LogP contribution is -2.13. The molecule has 2 rings (SSSR count). The van der Waals surface area contributed by atoms with Crippen molar-refractivity contribution in [3.8, 4) is 0 Å².